The number of carbonyl (C=O) groups excluding carboxylic acids is 2. The lowest BCUT2D eigenvalue weighted by Crippen LogP contribution is -2.22. The Hall–Kier alpha value is -4.64. The first-order chi connectivity index (χ1) is 20.4. The predicted molar refractivity (Wildman–Crippen MR) is 163 cm³/mol. The summed E-state index contributed by atoms with van der Waals surface area (Å²) in [7, 11) is 3.75. The summed E-state index contributed by atoms with van der Waals surface area (Å²) in [4.78, 5) is 37.0. The molecule has 1 aliphatic carbocycles. The van der Waals surface area contributed by atoms with Crippen molar-refractivity contribution < 1.29 is 28.6 Å². The molecule has 5 rings (SSSR count). The molecule has 2 heterocycles. The number of rotatable bonds is 7. The van der Waals surface area contributed by atoms with Gasteiger partial charge in [0.15, 0.2) is 0 Å². The van der Waals surface area contributed by atoms with Gasteiger partial charge in [0.05, 0.1) is 34.8 Å². The summed E-state index contributed by atoms with van der Waals surface area (Å²) in [5, 5.41) is 17.4. The number of carbonyl (C=O) groups is 3. The molecule has 1 amide bonds. The highest BCUT2D eigenvalue weighted by Gasteiger charge is 2.44. The number of aryl methyl sites for hydroxylation is 1. The van der Waals surface area contributed by atoms with Crippen molar-refractivity contribution in [1.82, 2.24) is 20.1 Å². The fourth-order valence-electron chi connectivity index (χ4n) is 4.35. The van der Waals surface area contributed by atoms with Gasteiger partial charge in [-0.1, -0.05) is 6.07 Å². The Balaban J connectivity index is 0.000000780. The van der Waals surface area contributed by atoms with Crippen molar-refractivity contribution in [3.63, 3.8) is 0 Å². The summed E-state index contributed by atoms with van der Waals surface area (Å²) < 4.78 is 22.9. The van der Waals surface area contributed by atoms with Crippen molar-refractivity contribution in [2.45, 2.75) is 57.9 Å². The lowest BCUT2D eigenvalue weighted by molar-refractivity contribution is -0.123. The lowest BCUT2D eigenvalue weighted by atomic mass is 9.96. The first-order valence-corrected chi connectivity index (χ1v) is 13.7. The molecule has 1 saturated carbocycles. The molecule has 0 unspecified atom stereocenters. The Kier molecular flexibility index (Phi) is 10.7. The minimum absolute atomic E-state index is 0.122. The first kappa shape index (κ1) is 32.9. The van der Waals surface area contributed by atoms with Crippen LogP contribution in [0.1, 0.15) is 50.3 Å². The maximum atomic E-state index is 15.1. The van der Waals surface area contributed by atoms with E-state index in [1.165, 1.54) is 6.07 Å². The maximum Gasteiger partial charge on any atom is 0.290 e. The number of fused-ring (bicyclic) bond motifs is 1. The highest BCUT2D eigenvalue weighted by Crippen LogP contribution is 2.47. The molecule has 0 saturated heterocycles. The summed E-state index contributed by atoms with van der Waals surface area (Å²) in [6.07, 6.45) is 7.51. The van der Waals surface area contributed by atoms with Crippen molar-refractivity contribution in [2.24, 2.45) is 0 Å². The van der Waals surface area contributed by atoms with Crippen LogP contribution in [0.3, 0.4) is 0 Å². The zero-order valence-electron chi connectivity index (χ0n) is 25.3. The number of anilines is 1. The summed E-state index contributed by atoms with van der Waals surface area (Å²) in [5.74, 6) is 0.00952. The number of amides is 1. The van der Waals surface area contributed by atoms with E-state index in [0.29, 0.717) is 22.7 Å². The van der Waals surface area contributed by atoms with Crippen LogP contribution in [0.2, 0.25) is 0 Å². The Labute approximate surface area is 250 Å². The fourth-order valence-corrected chi connectivity index (χ4v) is 4.35. The quantitative estimate of drug-likeness (QED) is 0.244. The second-order valence-corrected chi connectivity index (χ2v) is 11.3. The molecule has 0 atom stereocenters. The molecule has 0 radical (unpaired) electrons. The third-order valence-electron chi connectivity index (χ3n) is 6.76. The molecular formula is C32H38FN5O5. The Morgan fingerprint density at radius 2 is 1.81 bits per heavy atom. The average Bonchev–Trinajstić information content (AvgIpc) is 3.61. The number of hydrogen-bond acceptors (Lipinski definition) is 7. The molecule has 0 bridgehead atoms. The minimum Gasteiger partial charge on any atom is -0.483 e. The van der Waals surface area contributed by atoms with Gasteiger partial charge in [-0.05, 0) is 95.6 Å². The van der Waals surface area contributed by atoms with E-state index >= 15 is 4.39 Å². The number of nitrogens with one attached hydrogen (secondary N) is 2. The second kappa shape index (κ2) is 14.0. The predicted octanol–water partition coefficient (Wildman–Crippen LogP) is 5.37. The molecule has 10 nitrogen and oxygen atoms in total. The van der Waals surface area contributed by atoms with E-state index in [0.717, 1.165) is 35.6 Å². The molecule has 1 fully saturated rings. The van der Waals surface area contributed by atoms with Gasteiger partial charge in [-0.15, -0.1) is 0 Å². The molecule has 4 aromatic rings. The van der Waals surface area contributed by atoms with E-state index in [9.17, 15) is 9.59 Å². The van der Waals surface area contributed by atoms with Gasteiger partial charge < -0.3 is 25.3 Å². The van der Waals surface area contributed by atoms with Gasteiger partial charge in [0.25, 0.3) is 6.47 Å². The van der Waals surface area contributed by atoms with Crippen molar-refractivity contribution in [3.05, 3.63) is 77.5 Å². The SMILES string of the molecule is CNC.Cc1cc(CC(=O)Nc2cnn(C(C)(C)C)c2)c(F)cc1Oc1ccnc2ccc(C3(C=O)CC3)cc12.O=CO. The van der Waals surface area contributed by atoms with E-state index < -0.39 is 11.2 Å². The maximum absolute atomic E-state index is 15.1. The average molecular weight is 592 g/mol. The normalized spacial score (nSPS) is 13.1. The van der Waals surface area contributed by atoms with Crippen LogP contribution in [-0.4, -0.2) is 52.6 Å². The molecule has 0 aliphatic heterocycles. The van der Waals surface area contributed by atoms with Gasteiger partial charge in [0.2, 0.25) is 5.91 Å². The summed E-state index contributed by atoms with van der Waals surface area (Å²) >= 11 is 0. The van der Waals surface area contributed by atoms with E-state index in [4.69, 9.17) is 14.6 Å². The monoisotopic (exact) mass is 591 g/mol. The minimum atomic E-state index is -0.530. The largest absolute Gasteiger partial charge is 0.483 e. The molecule has 11 heteroatoms. The zero-order valence-corrected chi connectivity index (χ0v) is 25.3. The molecule has 2 aromatic heterocycles. The van der Waals surface area contributed by atoms with Crippen molar-refractivity contribution >= 4 is 35.3 Å². The number of pyridine rings is 1. The summed E-state index contributed by atoms with van der Waals surface area (Å²) in [5.41, 5.74) is 2.55. The topological polar surface area (TPSA) is 135 Å². The Bertz CT molecular complexity index is 1590. The van der Waals surface area contributed by atoms with E-state index in [-0.39, 0.29) is 29.9 Å². The van der Waals surface area contributed by atoms with Crippen LogP contribution < -0.4 is 15.4 Å². The molecule has 43 heavy (non-hydrogen) atoms. The van der Waals surface area contributed by atoms with Crippen LogP contribution >= 0.6 is 0 Å². The van der Waals surface area contributed by atoms with Gasteiger partial charge in [-0.2, -0.15) is 5.10 Å². The van der Waals surface area contributed by atoms with Crippen LogP contribution in [0.25, 0.3) is 10.9 Å². The van der Waals surface area contributed by atoms with E-state index in [1.54, 1.807) is 35.4 Å². The lowest BCUT2D eigenvalue weighted by Gasteiger charge is -2.18. The highest BCUT2D eigenvalue weighted by molar-refractivity contribution is 5.92. The molecule has 1 aliphatic rings. The molecule has 228 valence electrons. The van der Waals surface area contributed by atoms with Gasteiger partial charge in [-0.25, -0.2) is 4.39 Å². The smallest absolute Gasteiger partial charge is 0.290 e. The summed E-state index contributed by atoms with van der Waals surface area (Å²) in [6, 6.07) is 10.4. The standard InChI is InChI=1S/C29H29FN4O3.C2H7N.CH2O2/c1-18-11-19(12-27(36)33-21-15-32-34(16-21)28(2,3)4)23(30)14-26(18)37-25-7-10-31-24-6-5-20(13-22(24)25)29(17-35)8-9-29;1-3-2;2-1-3/h5-7,10-11,13-17H,8-9,12H2,1-4H3,(H,33,36);3H,1-2H3;1H,(H,2,3). The Morgan fingerprint density at radius 1 is 1.14 bits per heavy atom. The van der Waals surface area contributed by atoms with Crippen LogP contribution in [0.4, 0.5) is 10.1 Å². The highest BCUT2D eigenvalue weighted by atomic mass is 19.1. The molecule has 2 aromatic carbocycles. The van der Waals surface area contributed by atoms with E-state index in [2.05, 4.69) is 20.7 Å². The van der Waals surface area contributed by atoms with Crippen molar-refractivity contribution in [2.75, 3.05) is 19.4 Å². The molecule has 0 spiro atoms. The van der Waals surface area contributed by atoms with Crippen LogP contribution in [0, 0.1) is 12.7 Å². The first-order valence-electron chi connectivity index (χ1n) is 13.7. The number of carboxylic acid groups (broad SMARTS) is 1. The van der Waals surface area contributed by atoms with Gasteiger partial charge >= 0.3 is 0 Å². The number of nitrogens with zero attached hydrogens (tertiary/aromatic N) is 3. The number of benzene rings is 2. The van der Waals surface area contributed by atoms with Gasteiger partial charge in [0, 0.05) is 23.8 Å². The number of aromatic nitrogens is 3. The molecule has 3 N–H and O–H groups in total. The van der Waals surface area contributed by atoms with Crippen LogP contribution in [0.5, 0.6) is 11.5 Å². The third kappa shape index (κ3) is 8.23. The number of aldehydes is 1. The van der Waals surface area contributed by atoms with Crippen LogP contribution in [0.15, 0.2) is 55.0 Å². The number of halogens is 1. The Morgan fingerprint density at radius 3 is 2.40 bits per heavy atom. The van der Waals surface area contributed by atoms with Gasteiger partial charge in [-0.3, -0.25) is 19.3 Å². The van der Waals surface area contributed by atoms with Crippen molar-refractivity contribution in [1.29, 1.82) is 0 Å². The van der Waals surface area contributed by atoms with Crippen molar-refractivity contribution in [3.8, 4) is 11.5 Å². The fraction of sp³-hybridized carbons (Fsp3) is 0.344. The van der Waals surface area contributed by atoms with Gasteiger partial charge in [0.1, 0.15) is 23.6 Å². The second-order valence-electron chi connectivity index (χ2n) is 11.3. The zero-order chi connectivity index (χ0) is 31.8. The third-order valence-corrected chi connectivity index (χ3v) is 6.76. The summed E-state index contributed by atoms with van der Waals surface area (Å²) in [6.45, 7) is 7.59. The van der Waals surface area contributed by atoms with E-state index in [1.807, 2.05) is 60.0 Å². The van der Waals surface area contributed by atoms with Crippen LogP contribution in [-0.2, 0) is 31.8 Å². The number of hydrogen-bond donors (Lipinski definition) is 3. The number of ether oxygens (including phenoxy) is 1. The molecular weight excluding hydrogens is 553 g/mol.